The lowest BCUT2D eigenvalue weighted by Crippen LogP contribution is -2.35. The lowest BCUT2D eigenvalue weighted by atomic mass is 9.77. The summed E-state index contributed by atoms with van der Waals surface area (Å²) < 4.78 is 0. The van der Waals surface area contributed by atoms with E-state index in [4.69, 9.17) is 0 Å². The molecule has 1 aliphatic heterocycles. The van der Waals surface area contributed by atoms with Crippen LogP contribution in [0.25, 0.3) is 11.1 Å². The van der Waals surface area contributed by atoms with Crippen molar-refractivity contribution in [2.45, 2.75) is 5.54 Å². The van der Waals surface area contributed by atoms with Crippen molar-refractivity contribution in [3.8, 4) is 11.1 Å². The van der Waals surface area contributed by atoms with Crippen LogP contribution < -0.4 is 0 Å². The van der Waals surface area contributed by atoms with Crippen LogP contribution in [-0.4, -0.2) is 18.3 Å². The largest absolute Gasteiger partial charge is 0.294 e. The van der Waals surface area contributed by atoms with Gasteiger partial charge in [0, 0.05) is 11.8 Å². The molecule has 3 heteroatoms. The highest BCUT2D eigenvalue weighted by Crippen LogP contribution is 2.43. The first-order valence-electron chi connectivity index (χ1n) is 8.06. The average molecular weight is 325 g/mol. The molecule has 120 valence electrons. The molecule has 0 spiro atoms. The number of hydrogen-bond acceptors (Lipinski definition) is 3. The minimum Gasteiger partial charge on any atom is -0.294 e. The van der Waals surface area contributed by atoms with Crippen molar-refractivity contribution in [1.82, 2.24) is 0 Å². The molecule has 1 aliphatic rings. The molecule has 4 rings (SSSR count). The maximum absolute atomic E-state index is 12.8. The van der Waals surface area contributed by atoms with Gasteiger partial charge < -0.3 is 0 Å². The molecule has 25 heavy (non-hydrogen) atoms. The summed E-state index contributed by atoms with van der Waals surface area (Å²) in [6.07, 6.45) is 2.06. The number of aliphatic imine (C=N–C) groups is 1. The Labute approximate surface area is 145 Å². The van der Waals surface area contributed by atoms with Crippen LogP contribution in [0.15, 0.2) is 83.9 Å². The Morgan fingerprint density at radius 1 is 0.800 bits per heavy atom. The zero-order valence-corrected chi connectivity index (χ0v) is 13.4. The normalized spacial score (nSPS) is 17.9. The molecular formula is C22H15NO2. The molecule has 1 atom stereocenters. The van der Waals surface area contributed by atoms with Crippen LogP contribution in [0.2, 0.25) is 0 Å². The van der Waals surface area contributed by atoms with Crippen LogP contribution in [-0.2, 0) is 15.1 Å². The highest BCUT2D eigenvalue weighted by Gasteiger charge is 2.46. The van der Waals surface area contributed by atoms with Crippen molar-refractivity contribution in [2.24, 2.45) is 4.99 Å². The molecule has 0 bridgehead atoms. The lowest BCUT2D eigenvalue weighted by Gasteiger charge is -2.27. The molecule has 1 heterocycles. The third-order valence-electron chi connectivity index (χ3n) is 4.61. The number of nitrogens with zero attached hydrogens (tertiary/aromatic N) is 1. The van der Waals surface area contributed by atoms with E-state index in [0.717, 1.165) is 27.8 Å². The quantitative estimate of drug-likeness (QED) is 0.541. The fourth-order valence-electron chi connectivity index (χ4n) is 3.47. The van der Waals surface area contributed by atoms with Crippen LogP contribution in [0.5, 0.6) is 0 Å². The van der Waals surface area contributed by atoms with Crippen molar-refractivity contribution in [3.05, 3.63) is 95.6 Å². The van der Waals surface area contributed by atoms with Gasteiger partial charge in [-0.15, -0.1) is 0 Å². The van der Waals surface area contributed by atoms with E-state index in [2.05, 4.69) is 4.99 Å². The predicted molar refractivity (Wildman–Crippen MR) is 97.8 cm³/mol. The molecule has 0 N–H and O–H groups in total. The number of carbonyl (C=O) groups is 2. The second-order valence-electron chi connectivity index (χ2n) is 5.95. The number of rotatable bonds is 4. The van der Waals surface area contributed by atoms with Crippen molar-refractivity contribution < 1.29 is 9.59 Å². The maximum atomic E-state index is 12.8. The van der Waals surface area contributed by atoms with E-state index in [1.165, 1.54) is 0 Å². The Hall–Kier alpha value is -3.33. The van der Waals surface area contributed by atoms with Gasteiger partial charge in [-0.3, -0.25) is 14.6 Å². The van der Waals surface area contributed by atoms with Crippen LogP contribution in [0, 0.1) is 0 Å². The van der Waals surface area contributed by atoms with E-state index >= 15 is 0 Å². The monoisotopic (exact) mass is 325 g/mol. The van der Waals surface area contributed by atoms with Crippen molar-refractivity contribution in [3.63, 3.8) is 0 Å². The first-order valence-corrected chi connectivity index (χ1v) is 8.06. The summed E-state index contributed by atoms with van der Waals surface area (Å²) in [7, 11) is 0. The highest BCUT2D eigenvalue weighted by atomic mass is 16.2. The van der Waals surface area contributed by atoms with Gasteiger partial charge in [0.25, 0.3) is 0 Å². The first-order chi connectivity index (χ1) is 12.3. The van der Waals surface area contributed by atoms with E-state index < -0.39 is 11.3 Å². The smallest absolute Gasteiger partial charge is 0.231 e. The number of fused-ring (bicyclic) bond motifs is 1. The fourth-order valence-corrected chi connectivity index (χ4v) is 3.47. The average Bonchev–Trinajstić information content (AvgIpc) is 3.08. The van der Waals surface area contributed by atoms with Gasteiger partial charge in [0.1, 0.15) is 0 Å². The van der Waals surface area contributed by atoms with Crippen LogP contribution in [0.1, 0.15) is 16.7 Å². The van der Waals surface area contributed by atoms with Gasteiger partial charge in [0.2, 0.25) is 5.78 Å². The van der Waals surface area contributed by atoms with E-state index in [1.807, 2.05) is 78.9 Å². The molecule has 0 saturated carbocycles. The van der Waals surface area contributed by atoms with E-state index in [-0.39, 0.29) is 0 Å². The SMILES string of the molecule is O=CC(=O)C1(c2ccccc2-c2ccccc2)N=Cc2ccccc21. The first kappa shape index (κ1) is 15.2. The minimum atomic E-state index is -1.31. The van der Waals surface area contributed by atoms with Gasteiger partial charge in [-0.25, -0.2) is 0 Å². The third-order valence-corrected chi connectivity index (χ3v) is 4.61. The second-order valence-corrected chi connectivity index (χ2v) is 5.95. The molecule has 1 unspecified atom stereocenters. The van der Waals surface area contributed by atoms with E-state index in [9.17, 15) is 9.59 Å². The molecule has 0 fully saturated rings. The Bertz CT molecular complexity index is 992. The van der Waals surface area contributed by atoms with Gasteiger partial charge in [0.05, 0.1) is 0 Å². The molecule has 0 aromatic heterocycles. The maximum Gasteiger partial charge on any atom is 0.231 e. The van der Waals surface area contributed by atoms with E-state index in [0.29, 0.717) is 6.29 Å². The summed E-state index contributed by atoms with van der Waals surface area (Å²) in [6, 6.07) is 25.0. The number of ketones is 1. The fraction of sp³-hybridized carbons (Fsp3) is 0.0455. The summed E-state index contributed by atoms with van der Waals surface area (Å²) >= 11 is 0. The van der Waals surface area contributed by atoms with Gasteiger partial charge in [-0.2, -0.15) is 0 Å². The molecule has 3 aromatic carbocycles. The highest BCUT2D eigenvalue weighted by molar-refractivity contribution is 6.32. The number of carbonyl (C=O) groups excluding carboxylic acids is 2. The Kier molecular flexibility index (Phi) is 3.62. The van der Waals surface area contributed by atoms with Crippen LogP contribution in [0.4, 0.5) is 0 Å². The molecule has 3 aromatic rings. The number of Topliss-reactive ketones (excluding diaryl/α,β-unsaturated/α-hetero) is 1. The van der Waals surface area contributed by atoms with Gasteiger partial charge in [-0.05, 0) is 22.3 Å². The van der Waals surface area contributed by atoms with Crippen LogP contribution >= 0.6 is 0 Å². The summed E-state index contributed by atoms with van der Waals surface area (Å²) in [6.45, 7) is 0. The Morgan fingerprint density at radius 2 is 1.44 bits per heavy atom. The third kappa shape index (κ3) is 2.24. The molecule has 0 saturated heterocycles. The Balaban J connectivity index is 2.04. The van der Waals surface area contributed by atoms with Crippen LogP contribution in [0.3, 0.4) is 0 Å². The summed E-state index contributed by atoms with van der Waals surface area (Å²) in [5.74, 6) is -0.558. The zero-order valence-electron chi connectivity index (χ0n) is 13.4. The molecule has 0 radical (unpaired) electrons. The number of aldehydes is 1. The van der Waals surface area contributed by atoms with Crippen molar-refractivity contribution in [2.75, 3.05) is 0 Å². The molecular weight excluding hydrogens is 310 g/mol. The summed E-state index contributed by atoms with van der Waals surface area (Å²) in [5.41, 5.74) is 2.89. The zero-order chi connectivity index (χ0) is 17.3. The Morgan fingerprint density at radius 3 is 2.20 bits per heavy atom. The number of benzene rings is 3. The van der Waals surface area contributed by atoms with E-state index in [1.54, 1.807) is 6.21 Å². The molecule has 0 amide bonds. The lowest BCUT2D eigenvalue weighted by molar-refractivity contribution is -0.132. The standard InChI is InChI=1S/C22H15NO2/c24-15-21(25)22(19-12-6-4-10-17(19)14-23-22)20-13-7-5-11-18(20)16-8-2-1-3-9-16/h1-15H. The summed E-state index contributed by atoms with van der Waals surface area (Å²) in [5, 5.41) is 0. The molecule has 0 aliphatic carbocycles. The summed E-state index contributed by atoms with van der Waals surface area (Å²) in [4.78, 5) is 28.9. The second kappa shape index (κ2) is 5.95. The molecule has 3 nitrogen and oxygen atoms in total. The van der Waals surface area contributed by atoms with Crippen molar-refractivity contribution in [1.29, 1.82) is 0 Å². The van der Waals surface area contributed by atoms with Gasteiger partial charge >= 0.3 is 0 Å². The van der Waals surface area contributed by atoms with Gasteiger partial charge in [0.15, 0.2) is 11.8 Å². The number of hydrogen-bond donors (Lipinski definition) is 0. The topological polar surface area (TPSA) is 46.5 Å². The van der Waals surface area contributed by atoms with Gasteiger partial charge in [-0.1, -0.05) is 78.9 Å². The van der Waals surface area contributed by atoms with Crippen molar-refractivity contribution >= 4 is 18.3 Å². The minimum absolute atomic E-state index is 0.376. The predicted octanol–water partition coefficient (Wildman–Crippen LogP) is 3.80.